The molecule has 1 amide bonds. The van der Waals surface area contributed by atoms with E-state index in [1.54, 1.807) is 6.92 Å². The Hall–Kier alpha value is -1.47. The van der Waals surface area contributed by atoms with Gasteiger partial charge in [0, 0.05) is 0 Å². The average Bonchev–Trinajstić information content (AvgIpc) is 2.35. The Labute approximate surface area is 120 Å². The third-order valence-electron chi connectivity index (χ3n) is 2.27. The lowest BCUT2D eigenvalue weighted by Crippen LogP contribution is -2.40. The van der Waals surface area contributed by atoms with Gasteiger partial charge in [-0.05, 0) is 19.1 Å². The molecule has 3 N–H and O–H groups in total. The summed E-state index contributed by atoms with van der Waals surface area (Å²) in [7, 11) is 0. The van der Waals surface area contributed by atoms with Gasteiger partial charge in [-0.1, -0.05) is 12.1 Å². The van der Waals surface area contributed by atoms with Gasteiger partial charge in [0.05, 0.1) is 18.2 Å². The second-order valence-electron chi connectivity index (χ2n) is 3.98. The van der Waals surface area contributed by atoms with Crippen molar-refractivity contribution in [3.8, 4) is 5.75 Å². The van der Waals surface area contributed by atoms with Gasteiger partial charge in [0.2, 0.25) is 5.91 Å². The van der Waals surface area contributed by atoms with Crippen molar-refractivity contribution in [1.82, 2.24) is 5.32 Å². The summed E-state index contributed by atoms with van der Waals surface area (Å²) in [5.41, 5.74) is 4.27. The highest BCUT2D eigenvalue weighted by atomic mass is 35.5. The van der Waals surface area contributed by atoms with Crippen LogP contribution in [0.2, 0.25) is 0 Å². The molecule has 0 fully saturated rings. The van der Waals surface area contributed by atoms with E-state index in [9.17, 15) is 18.0 Å². The summed E-state index contributed by atoms with van der Waals surface area (Å²) in [6.45, 7) is 1.37. The number of hydrogen-bond acceptors (Lipinski definition) is 3. The van der Waals surface area contributed by atoms with Gasteiger partial charge in [-0.2, -0.15) is 13.2 Å². The largest absolute Gasteiger partial charge is 0.491 e. The predicted molar refractivity (Wildman–Crippen MR) is 70.8 cm³/mol. The lowest BCUT2D eigenvalue weighted by Gasteiger charge is -2.17. The predicted octanol–water partition coefficient (Wildman–Crippen LogP) is 1.97. The third kappa shape index (κ3) is 5.66. The molecule has 114 valence electrons. The Balaban J connectivity index is 0.00000361. The highest BCUT2D eigenvalue weighted by Crippen LogP contribution is 2.35. The van der Waals surface area contributed by atoms with Crippen LogP contribution in [0.4, 0.5) is 13.2 Å². The Kier molecular flexibility index (Phi) is 7.38. The van der Waals surface area contributed by atoms with E-state index in [1.807, 2.05) is 0 Å². The monoisotopic (exact) mass is 312 g/mol. The number of carbonyl (C=O) groups is 1. The zero-order chi connectivity index (χ0) is 14.5. The molecule has 1 aromatic carbocycles. The molecule has 0 aliphatic rings. The van der Waals surface area contributed by atoms with Gasteiger partial charge in [0.1, 0.15) is 12.4 Å². The highest BCUT2D eigenvalue weighted by molar-refractivity contribution is 5.85. The van der Waals surface area contributed by atoms with Crippen LogP contribution >= 0.6 is 12.4 Å². The summed E-state index contributed by atoms with van der Waals surface area (Å²) >= 11 is 0. The maximum Gasteiger partial charge on any atom is 0.419 e. The molecule has 0 heterocycles. The maximum absolute atomic E-state index is 12.7. The van der Waals surface area contributed by atoms with Crippen molar-refractivity contribution >= 4 is 18.3 Å². The molecule has 1 rings (SSSR count). The molecule has 0 saturated carbocycles. The molecule has 1 unspecified atom stereocenters. The molecule has 20 heavy (non-hydrogen) atoms. The van der Waals surface area contributed by atoms with Crippen LogP contribution in [-0.2, 0) is 11.0 Å². The minimum absolute atomic E-state index is 0. The molecule has 1 atom stereocenters. The first-order valence-corrected chi connectivity index (χ1v) is 5.63. The molecule has 0 aliphatic heterocycles. The van der Waals surface area contributed by atoms with Gasteiger partial charge in [-0.3, -0.25) is 4.79 Å². The van der Waals surface area contributed by atoms with Crippen molar-refractivity contribution in [2.45, 2.75) is 19.1 Å². The van der Waals surface area contributed by atoms with Crippen LogP contribution in [0.15, 0.2) is 24.3 Å². The fourth-order valence-electron chi connectivity index (χ4n) is 1.42. The van der Waals surface area contributed by atoms with Crippen molar-refractivity contribution in [3.63, 3.8) is 0 Å². The zero-order valence-electron chi connectivity index (χ0n) is 10.7. The molecule has 0 aliphatic carbocycles. The highest BCUT2D eigenvalue weighted by Gasteiger charge is 2.34. The summed E-state index contributed by atoms with van der Waals surface area (Å²) in [5.74, 6) is -0.649. The number of rotatable bonds is 5. The van der Waals surface area contributed by atoms with Gasteiger partial charge >= 0.3 is 6.18 Å². The number of carbonyl (C=O) groups excluding carboxylic acids is 1. The summed E-state index contributed by atoms with van der Waals surface area (Å²) in [6.07, 6.45) is -4.47. The van der Waals surface area contributed by atoms with Crippen LogP contribution in [0.5, 0.6) is 5.75 Å². The average molecular weight is 313 g/mol. The van der Waals surface area contributed by atoms with E-state index in [4.69, 9.17) is 10.5 Å². The molecular weight excluding hydrogens is 297 g/mol. The Morgan fingerprint density at radius 1 is 1.40 bits per heavy atom. The Morgan fingerprint density at radius 2 is 2.00 bits per heavy atom. The second-order valence-corrected chi connectivity index (χ2v) is 3.98. The van der Waals surface area contributed by atoms with Crippen molar-refractivity contribution < 1.29 is 22.7 Å². The van der Waals surface area contributed by atoms with Crippen LogP contribution in [0.3, 0.4) is 0 Å². The first kappa shape index (κ1) is 18.5. The molecule has 4 nitrogen and oxygen atoms in total. The van der Waals surface area contributed by atoms with Gasteiger partial charge < -0.3 is 15.8 Å². The number of nitrogens with two attached hydrogens (primary N) is 1. The number of halogens is 4. The van der Waals surface area contributed by atoms with Crippen LogP contribution in [0.1, 0.15) is 12.5 Å². The van der Waals surface area contributed by atoms with Crippen LogP contribution in [0.25, 0.3) is 0 Å². The van der Waals surface area contributed by atoms with Crippen molar-refractivity contribution in [1.29, 1.82) is 0 Å². The smallest absolute Gasteiger partial charge is 0.419 e. The van der Waals surface area contributed by atoms with Gasteiger partial charge in [-0.15, -0.1) is 12.4 Å². The SMILES string of the molecule is CC(COc1ccccc1C(F)(F)F)NC(=O)CN.Cl. The van der Waals surface area contributed by atoms with E-state index in [2.05, 4.69) is 5.32 Å². The normalized spacial score (nSPS) is 12.2. The van der Waals surface area contributed by atoms with Gasteiger partial charge in [-0.25, -0.2) is 0 Å². The number of para-hydroxylation sites is 1. The minimum atomic E-state index is -4.47. The molecule has 0 aromatic heterocycles. The summed E-state index contributed by atoms with van der Waals surface area (Å²) < 4.78 is 43.1. The van der Waals surface area contributed by atoms with E-state index < -0.39 is 17.8 Å². The number of hydrogen-bond donors (Lipinski definition) is 2. The molecule has 0 saturated heterocycles. The first-order chi connectivity index (χ1) is 8.84. The van der Waals surface area contributed by atoms with E-state index in [-0.39, 0.29) is 37.2 Å². The van der Waals surface area contributed by atoms with E-state index in [1.165, 1.54) is 18.2 Å². The first-order valence-electron chi connectivity index (χ1n) is 5.63. The fraction of sp³-hybridized carbons (Fsp3) is 0.417. The van der Waals surface area contributed by atoms with E-state index in [0.717, 1.165) is 6.07 Å². The van der Waals surface area contributed by atoms with Gasteiger partial charge in [0.15, 0.2) is 0 Å². The maximum atomic E-state index is 12.7. The number of nitrogens with one attached hydrogen (secondary N) is 1. The van der Waals surface area contributed by atoms with Crippen molar-refractivity contribution in [2.24, 2.45) is 5.73 Å². The topological polar surface area (TPSA) is 64.3 Å². The lowest BCUT2D eigenvalue weighted by atomic mass is 10.2. The standard InChI is InChI=1S/C12H15F3N2O2.ClH/c1-8(17-11(18)6-16)7-19-10-5-3-2-4-9(10)12(13,14)15;/h2-5,8H,6-7,16H2,1H3,(H,17,18);1H. The van der Waals surface area contributed by atoms with Crippen molar-refractivity contribution in [2.75, 3.05) is 13.2 Å². The molecular formula is C12H16ClF3N2O2. The van der Waals surface area contributed by atoms with Crippen LogP contribution in [0, 0.1) is 0 Å². The molecule has 0 spiro atoms. The van der Waals surface area contributed by atoms with Gasteiger partial charge in [0.25, 0.3) is 0 Å². The molecule has 8 heteroatoms. The van der Waals surface area contributed by atoms with E-state index in [0.29, 0.717) is 0 Å². The quantitative estimate of drug-likeness (QED) is 0.873. The third-order valence-corrected chi connectivity index (χ3v) is 2.27. The molecule has 0 bridgehead atoms. The Morgan fingerprint density at radius 3 is 2.55 bits per heavy atom. The number of benzene rings is 1. The minimum Gasteiger partial charge on any atom is -0.491 e. The zero-order valence-corrected chi connectivity index (χ0v) is 11.6. The van der Waals surface area contributed by atoms with E-state index >= 15 is 0 Å². The summed E-state index contributed by atoms with van der Waals surface area (Å²) in [5, 5.41) is 2.49. The van der Waals surface area contributed by atoms with Crippen LogP contribution < -0.4 is 15.8 Å². The lowest BCUT2D eigenvalue weighted by molar-refractivity contribution is -0.139. The summed E-state index contributed by atoms with van der Waals surface area (Å²) in [4.78, 5) is 11.0. The number of amides is 1. The second kappa shape index (κ2) is 7.96. The summed E-state index contributed by atoms with van der Waals surface area (Å²) in [6, 6.07) is 4.49. The Bertz CT molecular complexity index is 441. The molecule has 0 radical (unpaired) electrons. The number of alkyl halides is 3. The number of ether oxygens (including phenoxy) is 1. The fourth-order valence-corrected chi connectivity index (χ4v) is 1.42. The van der Waals surface area contributed by atoms with Crippen LogP contribution in [-0.4, -0.2) is 25.1 Å². The van der Waals surface area contributed by atoms with Crippen molar-refractivity contribution in [3.05, 3.63) is 29.8 Å². The molecule has 1 aromatic rings.